The zero-order valence-electron chi connectivity index (χ0n) is 16.6. The zero-order valence-corrected chi connectivity index (χ0v) is 16.6. The largest absolute Gasteiger partial charge is 0.326 e. The summed E-state index contributed by atoms with van der Waals surface area (Å²) in [6.45, 7) is 4.51. The highest BCUT2D eigenvalue weighted by atomic mass is 19.1. The second-order valence-electron chi connectivity index (χ2n) is 7.43. The number of amides is 1. The number of hydrazone groups is 1. The Morgan fingerprint density at radius 2 is 1.97 bits per heavy atom. The van der Waals surface area contributed by atoms with Gasteiger partial charge in [0.2, 0.25) is 5.91 Å². The fraction of sp³-hybridized carbons (Fsp3) is 0.217. The van der Waals surface area contributed by atoms with E-state index in [0.29, 0.717) is 30.5 Å². The molecule has 1 unspecified atom stereocenters. The van der Waals surface area contributed by atoms with Crippen LogP contribution >= 0.6 is 0 Å². The highest BCUT2D eigenvalue weighted by Crippen LogP contribution is 2.30. The highest BCUT2D eigenvalue weighted by molar-refractivity contribution is 5.80. The maximum absolute atomic E-state index is 13.6. The van der Waals surface area contributed by atoms with Crippen LogP contribution in [0.3, 0.4) is 0 Å². The molecule has 0 radical (unpaired) electrons. The van der Waals surface area contributed by atoms with Gasteiger partial charge in [0.05, 0.1) is 35.0 Å². The number of carbonyl (C=O) groups excluding carboxylic acids is 1. The lowest BCUT2D eigenvalue weighted by Crippen LogP contribution is -2.27. The molecule has 0 N–H and O–H groups in total. The first kappa shape index (κ1) is 20.4. The highest BCUT2D eigenvalue weighted by Gasteiger charge is 2.28. The number of halogens is 2. The van der Waals surface area contributed by atoms with E-state index in [4.69, 9.17) is 5.26 Å². The van der Waals surface area contributed by atoms with Crippen LogP contribution in [0, 0.1) is 23.0 Å². The Morgan fingerprint density at radius 3 is 2.71 bits per heavy atom. The topological polar surface area (TPSA) is 74.3 Å². The molecule has 2 heterocycles. The van der Waals surface area contributed by atoms with Crippen LogP contribution < -0.4 is 0 Å². The maximum atomic E-state index is 13.6. The van der Waals surface area contributed by atoms with Crippen molar-refractivity contribution in [2.75, 3.05) is 0 Å². The standard InChI is InChI=1S/C23H19F2N5O/c1-15(13-29-14-27-20-4-3-16(12-26)8-22(20)29)2-5-23(31)30-21(6-7-28-30)17-9-18(24)11-19(25)10-17/h3-4,7-11,14,21H,1-2,5-6,13H2. The lowest BCUT2D eigenvalue weighted by molar-refractivity contribution is -0.133. The summed E-state index contributed by atoms with van der Waals surface area (Å²) in [6.07, 6.45) is 4.24. The minimum Gasteiger partial charge on any atom is -0.326 e. The number of aromatic nitrogens is 2. The number of hydrogen-bond donors (Lipinski definition) is 0. The second kappa shape index (κ2) is 8.48. The van der Waals surface area contributed by atoms with Crippen LogP contribution in [0.25, 0.3) is 11.0 Å². The summed E-state index contributed by atoms with van der Waals surface area (Å²) in [5.74, 6) is -1.61. The molecule has 1 amide bonds. The summed E-state index contributed by atoms with van der Waals surface area (Å²) in [5.41, 5.74) is 3.33. The van der Waals surface area contributed by atoms with Crippen molar-refractivity contribution < 1.29 is 13.6 Å². The predicted octanol–water partition coefficient (Wildman–Crippen LogP) is 4.48. The Labute approximate surface area is 177 Å². The summed E-state index contributed by atoms with van der Waals surface area (Å²) in [5, 5.41) is 14.5. The smallest absolute Gasteiger partial charge is 0.243 e. The number of fused-ring (bicyclic) bond motifs is 1. The summed E-state index contributed by atoms with van der Waals surface area (Å²) in [6, 6.07) is 10.1. The molecule has 4 rings (SSSR count). The SMILES string of the molecule is C=C(CCC(=O)N1N=CCC1c1cc(F)cc(F)c1)Cn1cnc2ccc(C#N)cc21. The normalized spacial score (nSPS) is 15.4. The molecule has 0 spiro atoms. The molecule has 0 saturated heterocycles. The Kier molecular flexibility index (Phi) is 5.58. The first-order chi connectivity index (χ1) is 14.9. The van der Waals surface area contributed by atoms with Crippen molar-refractivity contribution in [1.82, 2.24) is 14.6 Å². The number of hydrogen-bond acceptors (Lipinski definition) is 4. The maximum Gasteiger partial charge on any atom is 0.243 e. The fourth-order valence-electron chi connectivity index (χ4n) is 3.67. The van der Waals surface area contributed by atoms with Gasteiger partial charge in [-0.05, 0) is 42.3 Å². The number of benzene rings is 2. The first-order valence-electron chi connectivity index (χ1n) is 9.77. The molecular weight excluding hydrogens is 400 g/mol. The monoisotopic (exact) mass is 419 g/mol. The van der Waals surface area contributed by atoms with Gasteiger partial charge in [-0.15, -0.1) is 0 Å². The van der Waals surface area contributed by atoms with Gasteiger partial charge in [0.1, 0.15) is 11.6 Å². The van der Waals surface area contributed by atoms with E-state index in [0.717, 1.165) is 22.7 Å². The van der Waals surface area contributed by atoms with E-state index in [9.17, 15) is 13.6 Å². The Balaban J connectivity index is 1.40. The van der Waals surface area contributed by atoms with Crippen LogP contribution in [0.4, 0.5) is 8.78 Å². The summed E-state index contributed by atoms with van der Waals surface area (Å²) in [7, 11) is 0. The molecule has 1 aliphatic heterocycles. The number of imidazole rings is 1. The van der Waals surface area contributed by atoms with E-state index in [1.165, 1.54) is 17.1 Å². The molecule has 156 valence electrons. The third kappa shape index (κ3) is 4.36. The van der Waals surface area contributed by atoms with Gasteiger partial charge in [-0.2, -0.15) is 10.4 Å². The predicted molar refractivity (Wildman–Crippen MR) is 112 cm³/mol. The molecule has 0 fully saturated rings. The van der Waals surface area contributed by atoms with Gasteiger partial charge in [-0.25, -0.2) is 18.8 Å². The molecule has 1 aromatic heterocycles. The minimum atomic E-state index is -0.685. The molecule has 1 atom stereocenters. The summed E-state index contributed by atoms with van der Waals surface area (Å²) < 4.78 is 29.0. The van der Waals surface area contributed by atoms with Crippen molar-refractivity contribution in [2.24, 2.45) is 5.10 Å². The molecule has 0 saturated carbocycles. The van der Waals surface area contributed by atoms with Gasteiger partial charge < -0.3 is 4.57 Å². The molecule has 3 aromatic rings. The van der Waals surface area contributed by atoms with Gasteiger partial charge in [-0.1, -0.05) is 12.2 Å². The molecule has 2 aromatic carbocycles. The third-order valence-electron chi connectivity index (χ3n) is 5.19. The third-order valence-corrected chi connectivity index (χ3v) is 5.19. The molecule has 8 heteroatoms. The molecule has 1 aliphatic rings. The van der Waals surface area contributed by atoms with Crippen molar-refractivity contribution in [1.29, 1.82) is 5.26 Å². The Morgan fingerprint density at radius 1 is 1.19 bits per heavy atom. The second-order valence-corrected chi connectivity index (χ2v) is 7.43. The van der Waals surface area contributed by atoms with Gasteiger partial charge in [0, 0.05) is 31.7 Å². The van der Waals surface area contributed by atoms with Gasteiger partial charge in [-0.3, -0.25) is 4.79 Å². The van der Waals surface area contributed by atoms with Crippen molar-refractivity contribution in [3.05, 3.63) is 77.6 Å². The lowest BCUT2D eigenvalue weighted by Gasteiger charge is -2.22. The number of allylic oxidation sites excluding steroid dienone is 1. The average Bonchev–Trinajstić information content (AvgIpc) is 3.38. The molecule has 0 aliphatic carbocycles. The molecule has 0 bridgehead atoms. The van der Waals surface area contributed by atoms with Crippen molar-refractivity contribution in [3.63, 3.8) is 0 Å². The quantitative estimate of drug-likeness (QED) is 0.553. The van der Waals surface area contributed by atoms with Crippen LogP contribution in [0.2, 0.25) is 0 Å². The number of nitrogens with zero attached hydrogens (tertiary/aromatic N) is 5. The van der Waals surface area contributed by atoms with E-state index < -0.39 is 17.7 Å². The van der Waals surface area contributed by atoms with E-state index in [1.54, 1.807) is 30.7 Å². The van der Waals surface area contributed by atoms with Crippen LogP contribution in [0.15, 0.2) is 60.0 Å². The van der Waals surface area contributed by atoms with Gasteiger partial charge in [0.25, 0.3) is 0 Å². The average molecular weight is 419 g/mol. The zero-order chi connectivity index (χ0) is 22.0. The molecule has 6 nitrogen and oxygen atoms in total. The van der Waals surface area contributed by atoms with E-state index in [-0.39, 0.29) is 12.3 Å². The summed E-state index contributed by atoms with van der Waals surface area (Å²) >= 11 is 0. The van der Waals surface area contributed by atoms with Crippen molar-refractivity contribution >= 4 is 23.2 Å². The van der Waals surface area contributed by atoms with Crippen molar-refractivity contribution in [3.8, 4) is 6.07 Å². The molecular formula is C23H19F2N5O. The first-order valence-corrected chi connectivity index (χ1v) is 9.77. The van der Waals surface area contributed by atoms with Gasteiger partial charge >= 0.3 is 0 Å². The number of nitriles is 1. The fourth-order valence-corrected chi connectivity index (χ4v) is 3.67. The van der Waals surface area contributed by atoms with Crippen LogP contribution in [0.1, 0.15) is 36.4 Å². The van der Waals surface area contributed by atoms with E-state index in [2.05, 4.69) is 22.7 Å². The number of rotatable bonds is 6. The van der Waals surface area contributed by atoms with Crippen LogP contribution in [0.5, 0.6) is 0 Å². The minimum absolute atomic E-state index is 0.167. The van der Waals surface area contributed by atoms with Gasteiger partial charge in [0.15, 0.2) is 0 Å². The van der Waals surface area contributed by atoms with E-state index >= 15 is 0 Å². The van der Waals surface area contributed by atoms with Crippen LogP contribution in [-0.2, 0) is 11.3 Å². The Hall–Kier alpha value is -3.86. The number of carbonyl (C=O) groups is 1. The Bertz CT molecular complexity index is 1220. The molecule has 31 heavy (non-hydrogen) atoms. The van der Waals surface area contributed by atoms with Crippen LogP contribution in [-0.4, -0.2) is 26.7 Å². The van der Waals surface area contributed by atoms with E-state index in [1.807, 2.05) is 4.57 Å². The lowest BCUT2D eigenvalue weighted by atomic mass is 10.0. The summed E-state index contributed by atoms with van der Waals surface area (Å²) in [4.78, 5) is 17.1. The van der Waals surface area contributed by atoms with Crippen molar-refractivity contribution in [2.45, 2.75) is 31.8 Å².